The molecule has 0 radical (unpaired) electrons. The number of fused-ring (bicyclic) bond motifs is 1. The standard InChI is InChI=1S/C19H20N4O2S/c24-18(17-15-5-1-2-6-16(15)21-22-17)20-10-13-4-3-8-23(11-13)19(25)14-7-9-26-12-14/h1-2,5-7,9,12-13H,3-4,8,10-11H2,(H,20,24)(H,21,22). The average Bonchev–Trinajstić information content (AvgIpc) is 3.35. The highest BCUT2D eigenvalue weighted by atomic mass is 32.1. The third-order valence-electron chi connectivity index (χ3n) is 4.81. The maximum absolute atomic E-state index is 12.5. The largest absolute Gasteiger partial charge is 0.350 e. The van der Waals surface area contributed by atoms with Gasteiger partial charge in [-0.25, -0.2) is 0 Å². The Morgan fingerprint density at radius 1 is 1.31 bits per heavy atom. The van der Waals surface area contributed by atoms with E-state index < -0.39 is 0 Å². The molecule has 26 heavy (non-hydrogen) atoms. The van der Waals surface area contributed by atoms with Crippen LogP contribution in [0.3, 0.4) is 0 Å². The van der Waals surface area contributed by atoms with Crippen molar-refractivity contribution in [2.45, 2.75) is 12.8 Å². The monoisotopic (exact) mass is 368 g/mol. The van der Waals surface area contributed by atoms with Gasteiger partial charge in [0.1, 0.15) is 0 Å². The highest BCUT2D eigenvalue weighted by Crippen LogP contribution is 2.20. The van der Waals surface area contributed by atoms with E-state index in [2.05, 4.69) is 15.5 Å². The number of carbonyl (C=O) groups excluding carboxylic acids is 2. The number of nitrogens with one attached hydrogen (secondary N) is 2. The molecule has 0 aliphatic carbocycles. The van der Waals surface area contributed by atoms with Crippen molar-refractivity contribution < 1.29 is 9.59 Å². The third-order valence-corrected chi connectivity index (χ3v) is 5.49. The summed E-state index contributed by atoms with van der Waals surface area (Å²) in [5.74, 6) is 0.171. The van der Waals surface area contributed by atoms with Gasteiger partial charge in [-0.1, -0.05) is 18.2 Å². The fourth-order valence-electron chi connectivity index (χ4n) is 3.44. The molecule has 2 N–H and O–H groups in total. The first-order valence-electron chi connectivity index (χ1n) is 8.75. The number of H-pyrrole nitrogens is 1. The first kappa shape index (κ1) is 16.8. The van der Waals surface area contributed by atoms with Crippen molar-refractivity contribution in [1.82, 2.24) is 20.4 Å². The lowest BCUT2D eigenvalue weighted by Gasteiger charge is -2.32. The lowest BCUT2D eigenvalue weighted by Crippen LogP contribution is -2.43. The Labute approximate surface area is 155 Å². The Balaban J connectivity index is 1.37. The van der Waals surface area contributed by atoms with E-state index in [-0.39, 0.29) is 17.7 Å². The second-order valence-electron chi connectivity index (χ2n) is 6.60. The molecule has 4 rings (SSSR count). The van der Waals surface area contributed by atoms with E-state index in [9.17, 15) is 9.59 Å². The summed E-state index contributed by atoms with van der Waals surface area (Å²) in [6, 6.07) is 9.44. The van der Waals surface area contributed by atoms with E-state index in [1.165, 1.54) is 11.3 Å². The van der Waals surface area contributed by atoms with E-state index in [4.69, 9.17) is 0 Å². The first-order valence-corrected chi connectivity index (χ1v) is 9.69. The minimum absolute atomic E-state index is 0.0839. The molecule has 7 heteroatoms. The van der Waals surface area contributed by atoms with Crippen molar-refractivity contribution in [3.63, 3.8) is 0 Å². The van der Waals surface area contributed by atoms with Crippen molar-refractivity contribution in [1.29, 1.82) is 0 Å². The van der Waals surface area contributed by atoms with Crippen LogP contribution in [0.25, 0.3) is 10.9 Å². The number of nitrogens with zero attached hydrogens (tertiary/aromatic N) is 2. The van der Waals surface area contributed by atoms with Gasteiger partial charge in [-0.2, -0.15) is 16.4 Å². The summed E-state index contributed by atoms with van der Waals surface area (Å²) in [4.78, 5) is 26.9. The smallest absolute Gasteiger partial charge is 0.272 e. The zero-order valence-electron chi connectivity index (χ0n) is 14.3. The molecule has 2 aromatic heterocycles. The molecular formula is C19H20N4O2S. The number of carbonyl (C=O) groups is 2. The molecule has 0 saturated carbocycles. The number of hydrogen-bond acceptors (Lipinski definition) is 4. The van der Waals surface area contributed by atoms with Crippen molar-refractivity contribution >= 4 is 34.1 Å². The van der Waals surface area contributed by atoms with E-state index >= 15 is 0 Å². The van der Waals surface area contributed by atoms with Gasteiger partial charge in [0.05, 0.1) is 11.1 Å². The minimum Gasteiger partial charge on any atom is -0.350 e. The number of hydrogen-bond donors (Lipinski definition) is 2. The molecule has 2 amide bonds. The van der Waals surface area contributed by atoms with Gasteiger partial charge in [0.25, 0.3) is 11.8 Å². The molecule has 1 aliphatic heterocycles. The Bertz CT molecular complexity index is 919. The minimum atomic E-state index is -0.177. The summed E-state index contributed by atoms with van der Waals surface area (Å²) in [6.45, 7) is 2.01. The molecule has 1 saturated heterocycles. The summed E-state index contributed by atoms with van der Waals surface area (Å²) in [7, 11) is 0. The molecule has 1 aromatic carbocycles. The van der Waals surface area contributed by atoms with Gasteiger partial charge >= 0.3 is 0 Å². The molecule has 1 unspecified atom stereocenters. The number of benzene rings is 1. The van der Waals surface area contributed by atoms with Crippen LogP contribution in [-0.4, -0.2) is 46.5 Å². The zero-order chi connectivity index (χ0) is 17.9. The topological polar surface area (TPSA) is 78.1 Å². The number of thiophene rings is 1. The number of para-hydroxylation sites is 1. The average molecular weight is 368 g/mol. The molecule has 0 spiro atoms. The van der Waals surface area contributed by atoms with Crippen LogP contribution >= 0.6 is 11.3 Å². The van der Waals surface area contributed by atoms with Crippen molar-refractivity contribution in [3.05, 3.63) is 52.3 Å². The highest BCUT2D eigenvalue weighted by molar-refractivity contribution is 7.08. The van der Waals surface area contributed by atoms with Crippen LogP contribution in [0, 0.1) is 5.92 Å². The van der Waals surface area contributed by atoms with Crippen LogP contribution < -0.4 is 5.32 Å². The van der Waals surface area contributed by atoms with Crippen molar-refractivity contribution in [2.75, 3.05) is 19.6 Å². The second kappa shape index (κ2) is 7.29. The van der Waals surface area contributed by atoms with E-state index in [1.54, 1.807) is 0 Å². The van der Waals surface area contributed by atoms with Crippen molar-refractivity contribution in [2.24, 2.45) is 5.92 Å². The maximum atomic E-state index is 12.5. The molecule has 1 fully saturated rings. The fraction of sp³-hybridized carbons (Fsp3) is 0.316. The molecule has 3 heterocycles. The summed E-state index contributed by atoms with van der Waals surface area (Å²) < 4.78 is 0. The molecule has 1 atom stereocenters. The molecule has 6 nitrogen and oxygen atoms in total. The Hall–Kier alpha value is -2.67. The fourth-order valence-corrected chi connectivity index (χ4v) is 4.07. The molecule has 3 aromatic rings. The number of likely N-dealkylation sites (tertiary alicyclic amines) is 1. The highest BCUT2D eigenvalue weighted by Gasteiger charge is 2.25. The number of rotatable bonds is 4. The predicted octanol–water partition coefficient (Wildman–Crippen LogP) is 2.91. The van der Waals surface area contributed by atoms with E-state index in [0.717, 1.165) is 35.9 Å². The Kier molecular flexibility index (Phi) is 4.71. The SMILES string of the molecule is O=C(NCC1CCCN(C(=O)c2ccsc2)C1)c1n[nH]c2ccccc12. The molecule has 134 valence electrons. The lowest BCUT2D eigenvalue weighted by atomic mass is 9.97. The number of aromatic amines is 1. The van der Waals surface area contributed by atoms with Crippen LogP contribution in [-0.2, 0) is 0 Å². The second-order valence-corrected chi connectivity index (χ2v) is 7.38. The predicted molar refractivity (Wildman–Crippen MR) is 101 cm³/mol. The summed E-state index contributed by atoms with van der Waals surface area (Å²) >= 11 is 1.53. The van der Waals surface area contributed by atoms with E-state index in [0.29, 0.717) is 18.8 Å². The quantitative estimate of drug-likeness (QED) is 0.743. The molecule has 0 bridgehead atoms. The molecular weight excluding hydrogens is 348 g/mol. The van der Waals surface area contributed by atoms with Crippen LogP contribution in [0.15, 0.2) is 41.1 Å². The van der Waals surface area contributed by atoms with E-state index in [1.807, 2.05) is 46.0 Å². The lowest BCUT2D eigenvalue weighted by molar-refractivity contribution is 0.0671. The van der Waals surface area contributed by atoms with Gasteiger partial charge in [-0.05, 0) is 36.3 Å². The van der Waals surface area contributed by atoms with Crippen molar-refractivity contribution in [3.8, 4) is 0 Å². The van der Waals surface area contributed by atoms with Crippen LogP contribution in [0.2, 0.25) is 0 Å². The first-order chi connectivity index (χ1) is 12.7. The molecule has 1 aliphatic rings. The normalized spacial score (nSPS) is 17.4. The Morgan fingerprint density at radius 3 is 3.04 bits per heavy atom. The number of piperidine rings is 1. The van der Waals surface area contributed by atoms with Gasteiger partial charge in [-0.3, -0.25) is 14.7 Å². The maximum Gasteiger partial charge on any atom is 0.272 e. The summed E-state index contributed by atoms with van der Waals surface area (Å²) in [6.07, 6.45) is 1.97. The van der Waals surface area contributed by atoms with Gasteiger partial charge in [-0.15, -0.1) is 0 Å². The Morgan fingerprint density at radius 2 is 2.19 bits per heavy atom. The van der Waals surface area contributed by atoms with Crippen LogP contribution in [0.4, 0.5) is 0 Å². The van der Waals surface area contributed by atoms with Gasteiger partial charge in [0.2, 0.25) is 0 Å². The van der Waals surface area contributed by atoms with Gasteiger partial charge in [0.15, 0.2) is 5.69 Å². The van der Waals surface area contributed by atoms with Gasteiger partial charge in [0, 0.05) is 30.4 Å². The van der Waals surface area contributed by atoms with Gasteiger partial charge < -0.3 is 10.2 Å². The zero-order valence-corrected chi connectivity index (χ0v) is 15.1. The summed E-state index contributed by atoms with van der Waals surface area (Å²) in [5.41, 5.74) is 2.02. The number of aromatic nitrogens is 2. The van der Waals surface area contributed by atoms with Crippen LogP contribution in [0.5, 0.6) is 0 Å². The third kappa shape index (κ3) is 3.35. The summed E-state index contributed by atoms with van der Waals surface area (Å²) in [5, 5.41) is 14.6. The number of amides is 2. The van der Waals surface area contributed by atoms with Crippen LogP contribution in [0.1, 0.15) is 33.7 Å².